The molecule has 0 N–H and O–H groups in total. The maximum atomic E-state index is 13.0. The van der Waals surface area contributed by atoms with Gasteiger partial charge >= 0.3 is 0 Å². The average Bonchev–Trinajstić information content (AvgIpc) is 2.59. The third kappa shape index (κ3) is 1.63. The number of hydrogen-bond donors (Lipinski definition) is 0. The number of nitrogens with zero attached hydrogens (tertiary/aromatic N) is 3. The van der Waals surface area contributed by atoms with Crippen molar-refractivity contribution in [2.75, 3.05) is 0 Å². The maximum Gasteiger partial charge on any atom is 0.170 e. The van der Waals surface area contributed by atoms with Crippen LogP contribution < -0.4 is 0 Å². The lowest BCUT2D eigenvalue weighted by atomic mass is 10.1. The number of carbonyl (C=O) groups is 1. The van der Waals surface area contributed by atoms with Gasteiger partial charge in [-0.2, -0.15) is 0 Å². The molecule has 5 heteroatoms. The van der Waals surface area contributed by atoms with Gasteiger partial charge in [-0.3, -0.25) is 4.79 Å². The van der Waals surface area contributed by atoms with Crippen molar-refractivity contribution in [3.05, 3.63) is 35.8 Å². The van der Waals surface area contributed by atoms with Crippen LogP contribution in [0.2, 0.25) is 0 Å². The van der Waals surface area contributed by atoms with Crippen LogP contribution in [-0.4, -0.2) is 21.3 Å². The Labute approximate surface area is 85.3 Å². The highest BCUT2D eigenvalue weighted by Gasteiger charge is 2.11. The number of aldehydes is 1. The van der Waals surface area contributed by atoms with Gasteiger partial charge in [0.1, 0.15) is 17.2 Å². The zero-order valence-electron chi connectivity index (χ0n) is 8.01. The first kappa shape index (κ1) is 9.51. The molecular formula is C10H8FN3O. The largest absolute Gasteiger partial charge is 0.296 e. The summed E-state index contributed by atoms with van der Waals surface area (Å²) in [6.07, 6.45) is 0.653. The highest BCUT2D eigenvalue weighted by atomic mass is 19.1. The van der Waals surface area contributed by atoms with E-state index in [4.69, 9.17) is 0 Å². The summed E-state index contributed by atoms with van der Waals surface area (Å²) in [6, 6.07) is 5.89. The van der Waals surface area contributed by atoms with Gasteiger partial charge in [0.2, 0.25) is 0 Å². The van der Waals surface area contributed by atoms with E-state index in [9.17, 15) is 9.18 Å². The summed E-state index contributed by atoms with van der Waals surface area (Å²) in [4.78, 5) is 10.8. The number of halogens is 1. The van der Waals surface area contributed by atoms with Gasteiger partial charge in [0.15, 0.2) is 6.29 Å². The normalized spacial score (nSPS) is 10.3. The predicted molar refractivity (Wildman–Crippen MR) is 51.8 cm³/mol. The Hall–Kier alpha value is -2.04. The van der Waals surface area contributed by atoms with Crippen molar-refractivity contribution in [1.29, 1.82) is 0 Å². The topological polar surface area (TPSA) is 47.8 Å². The van der Waals surface area contributed by atoms with Gasteiger partial charge in [-0.1, -0.05) is 17.3 Å². The van der Waals surface area contributed by atoms with Crippen LogP contribution in [0, 0.1) is 5.82 Å². The summed E-state index contributed by atoms with van der Waals surface area (Å²) in [6.45, 7) is 0. The lowest BCUT2D eigenvalue weighted by molar-refractivity contribution is 0.111. The predicted octanol–water partition coefficient (Wildman–Crippen LogP) is 1.43. The fourth-order valence-corrected chi connectivity index (χ4v) is 1.34. The molecule has 0 unspecified atom stereocenters. The van der Waals surface area contributed by atoms with Gasteiger partial charge in [0, 0.05) is 12.6 Å². The molecule has 0 aliphatic rings. The molecule has 0 aliphatic carbocycles. The van der Waals surface area contributed by atoms with E-state index in [1.165, 1.54) is 16.8 Å². The summed E-state index contributed by atoms with van der Waals surface area (Å²) in [5.41, 5.74) is 1.28. The highest BCUT2D eigenvalue weighted by Crippen LogP contribution is 2.19. The molecular weight excluding hydrogens is 197 g/mol. The molecule has 0 atom stereocenters. The number of carbonyl (C=O) groups excluding carboxylic acids is 1. The van der Waals surface area contributed by atoms with Crippen molar-refractivity contribution in [3.8, 4) is 11.3 Å². The monoisotopic (exact) mass is 205 g/mol. The Morgan fingerprint density at radius 2 is 2.27 bits per heavy atom. The second kappa shape index (κ2) is 3.61. The third-order valence-corrected chi connectivity index (χ3v) is 2.08. The second-order valence-electron chi connectivity index (χ2n) is 3.08. The summed E-state index contributed by atoms with van der Waals surface area (Å²) in [5.74, 6) is -0.366. The van der Waals surface area contributed by atoms with Crippen LogP contribution in [0.3, 0.4) is 0 Å². The zero-order valence-corrected chi connectivity index (χ0v) is 8.01. The molecule has 0 saturated carbocycles. The van der Waals surface area contributed by atoms with Crippen molar-refractivity contribution in [2.24, 2.45) is 7.05 Å². The van der Waals surface area contributed by atoms with E-state index >= 15 is 0 Å². The minimum atomic E-state index is -0.366. The van der Waals surface area contributed by atoms with E-state index in [-0.39, 0.29) is 5.82 Å². The lowest BCUT2D eigenvalue weighted by Gasteiger charge is -1.97. The van der Waals surface area contributed by atoms with E-state index in [1.54, 1.807) is 19.2 Å². The SMILES string of the molecule is Cn1nnc(-c2cccc(F)c2)c1C=O. The summed E-state index contributed by atoms with van der Waals surface area (Å²) < 4.78 is 14.3. The zero-order chi connectivity index (χ0) is 10.8. The van der Waals surface area contributed by atoms with Crippen LogP contribution in [0.1, 0.15) is 10.5 Å². The first-order chi connectivity index (χ1) is 7.22. The third-order valence-electron chi connectivity index (χ3n) is 2.08. The minimum absolute atomic E-state index is 0.334. The van der Waals surface area contributed by atoms with Crippen LogP contribution in [0.5, 0.6) is 0 Å². The van der Waals surface area contributed by atoms with Crippen LogP contribution >= 0.6 is 0 Å². The van der Waals surface area contributed by atoms with Gasteiger partial charge in [-0.25, -0.2) is 9.07 Å². The molecule has 2 aromatic rings. The van der Waals surface area contributed by atoms with Crippen molar-refractivity contribution >= 4 is 6.29 Å². The lowest BCUT2D eigenvalue weighted by Crippen LogP contribution is -1.97. The number of rotatable bonds is 2. The number of aryl methyl sites for hydroxylation is 1. The number of hydrogen-bond acceptors (Lipinski definition) is 3. The average molecular weight is 205 g/mol. The van der Waals surface area contributed by atoms with E-state index in [2.05, 4.69) is 10.3 Å². The van der Waals surface area contributed by atoms with E-state index in [0.29, 0.717) is 23.2 Å². The molecule has 2 rings (SSSR count). The Morgan fingerprint density at radius 1 is 1.47 bits per heavy atom. The van der Waals surface area contributed by atoms with Crippen molar-refractivity contribution in [3.63, 3.8) is 0 Å². The molecule has 1 aromatic heterocycles. The van der Waals surface area contributed by atoms with E-state index < -0.39 is 0 Å². The molecule has 0 radical (unpaired) electrons. The summed E-state index contributed by atoms with van der Waals surface area (Å²) in [7, 11) is 1.61. The fourth-order valence-electron chi connectivity index (χ4n) is 1.34. The Balaban J connectivity index is 2.58. The fraction of sp³-hybridized carbons (Fsp3) is 0.100. The van der Waals surface area contributed by atoms with E-state index in [0.717, 1.165) is 0 Å². The molecule has 15 heavy (non-hydrogen) atoms. The van der Waals surface area contributed by atoms with Crippen molar-refractivity contribution in [2.45, 2.75) is 0 Å². The molecule has 1 heterocycles. The number of aromatic nitrogens is 3. The first-order valence-corrected chi connectivity index (χ1v) is 4.33. The molecule has 0 aliphatic heterocycles. The molecule has 0 amide bonds. The van der Waals surface area contributed by atoms with Gasteiger partial charge in [-0.05, 0) is 12.1 Å². The van der Waals surface area contributed by atoms with Crippen LogP contribution in [-0.2, 0) is 7.05 Å². The molecule has 0 bridgehead atoms. The van der Waals surface area contributed by atoms with Crippen molar-refractivity contribution in [1.82, 2.24) is 15.0 Å². The molecule has 4 nitrogen and oxygen atoms in total. The van der Waals surface area contributed by atoms with Crippen molar-refractivity contribution < 1.29 is 9.18 Å². The van der Waals surface area contributed by atoms with Gasteiger partial charge in [-0.15, -0.1) is 5.10 Å². The number of benzene rings is 1. The van der Waals surface area contributed by atoms with Gasteiger partial charge < -0.3 is 0 Å². The van der Waals surface area contributed by atoms with Gasteiger partial charge in [0.25, 0.3) is 0 Å². The summed E-state index contributed by atoms with van der Waals surface area (Å²) >= 11 is 0. The maximum absolute atomic E-state index is 13.0. The van der Waals surface area contributed by atoms with Crippen LogP contribution in [0.15, 0.2) is 24.3 Å². The summed E-state index contributed by atoms with van der Waals surface area (Å²) in [5, 5.41) is 7.52. The minimum Gasteiger partial charge on any atom is -0.296 e. The Kier molecular flexibility index (Phi) is 2.29. The molecule has 1 aromatic carbocycles. The molecule has 0 spiro atoms. The molecule has 76 valence electrons. The van der Waals surface area contributed by atoms with Gasteiger partial charge in [0.05, 0.1) is 0 Å². The highest BCUT2D eigenvalue weighted by molar-refractivity contribution is 5.83. The van der Waals surface area contributed by atoms with Crippen LogP contribution in [0.25, 0.3) is 11.3 Å². The molecule has 0 saturated heterocycles. The van der Waals surface area contributed by atoms with Crippen LogP contribution in [0.4, 0.5) is 4.39 Å². The standard InChI is InChI=1S/C10H8FN3O/c1-14-9(6-15)10(12-13-14)7-3-2-4-8(11)5-7/h2-6H,1H3. The smallest absolute Gasteiger partial charge is 0.170 e. The van der Waals surface area contributed by atoms with E-state index in [1.807, 2.05) is 0 Å². The molecule has 0 fully saturated rings. The Morgan fingerprint density at radius 3 is 2.93 bits per heavy atom. The Bertz CT molecular complexity index is 507. The quantitative estimate of drug-likeness (QED) is 0.697. The second-order valence-corrected chi connectivity index (χ2v) is 3.08. The first-order valence-electron chi connectivity index (χ1n) is 4.33.